The fourth-order valence-electron chi connectivity index (χ4n) is 4.03. The van der Waals surface area contributed by atoms with Gasteiger partial charge in [-0.25, -0.2) is 13.4 Å². The van der Waals surface area contributed by atoms with Gasteiger partial charge in [-0.15, -0.1) is 11.3 Å². The molecular weight excluding hydrogens is 442 g/mol. The lowest BCUT2D eigenvalue weighted by atomic mass is 10.1. The molecule has 0 aliphatic carbocycles. The maximum Gasteiger partial charge on any atom is 0.246 e. The second-order valence-corrected chi connectivity index (χ2v) is 10.9. The van der Waals surface area contributed by atoms with Crippen LogP contribution in [0.25, 0.3) is 11.3 Å². The molecule has 8 heteroatoms. The number of anilines is 1. The highest BCUT2D eigenvalue weighted by Crippen LogP contribution is 2.33. The average molecular weight is 472 g/mol. The Labute approximate surface area is 194 Å². The van der Waals surface area contributed by atoms with Gasteiger partial charge in [-0.1, -0.05) is 12.1 Å². The Balaban J connectivity index is 1.61. The van der Waals surface area contributed by atoms with E-state index in [1.54, 1.807) is 27.8 Å². The van der Waals surface area contributed by atoms with Crippen molar-refractivity contribution in [2.45, 2.75) is 32.6 Å². The van der Waals surface area contributed by atoms with Crippen molar-refractivity contribution in [1.29, 1.82) is 0 Å². The summed E-state index contributed by atoms with van der Waals surface area (Å²) in [5, 5.41) is 2.89. The molecule has 1 aliphatic heterocycles. The Hall–Kier alpha value is -2.42. The summed E-state index contributed by atoms with van der Waals surface area (Å²) in [4.78, 5) is 6.99. The maximum atomic E-state index is 13.6. The van der Waals surface area contributed by atoms with Gasteiger partial charge in [0.05, 0.1) is 17.3 Å². The summed E-state index contributed by atoms with van der Waals surface area (Å²) in [6, 6.07) is 11.6. The highest BCUT2D eigenvalue weighted by molar-refractivity contribution is 7.89. The second kappa shape index (κ2) is 9.21. The number of benzene rings is 2. The summed E-state index contributed by atoms with van der Waals surface area (Å²) in [6.07, 6.45) is 0. The van der Waals surface area contributed by atoms with Crippen LogP contribution in [0.1, 0.15) is 23.1 Å². The smallest absolute Gasteiger partial charge is 0.246 e. The molecule has 3 aromatic rings. The Morgan fingerprint density at radius 1 is 1.06 bits per heavy atom. The van der Waals surface area contributed by atoms with Gasteiger partial charge in [0.15, 0.2) is 0 Å². The van der Waals surface area contributed by atoms with Crippen LogP contribution < -0.4 is 9.64 Å². The van der Waals surface area contributed by atoms with Crippen LogP contribution in [-0.2, 0) is 10.0 Å². The molecule has 0 saturated carbocycles. The van der Waals surface area contributed by atoms with Gasteiger partial charge in [-0.05, 0) is 63.1 Å². The Morgan fingerprint density at radius 3 is 2.47 bits per heavy atom. The van der Waals surface area contributed by atoms with Gasteiger partial charge in [0.2, 0.25) is 10.0 Å². The molecular formula is C24H29N3O3S2. The van der Waals surface area contributed by atoms with Gasteiger partial charge < -0.3 is 9.64 Å². The zero-order valence-electron chi connectivity index (χ0n) is 19.0. The molecule has 170 valence electrons. The number of sulfonamides is 1. The molecule has 1 aromatic heterocycles. The molecule has 0 spiro atoms. The first-order valence-electron chi connectivity index (χ1n) is 10.8. The minimum atomic E-state index is -3.71. The lowest BCUT2D eigenvalue weighted by Crippen LogP contribution is -2.49. The normalized spacial score (nSPS) is 15.2. The minimum absolute atomic E-state index is 0.211. The summed E-state index contributed by atoms with van der Waals surface area (Å²) in [5.74, 6) is 0.389. The zero-order chi connectivity index (χ0) is 22.9. The van der Waals surface area contributed by atoms with E-state index >= 15 is 0 Å². The first-order chi connectivity index (χ1) is 15.3. The number of thiazole rings is 1. The molecule has 0 unspecified atom stereocenters. The molecule has 1 fully saturated rings. The Kier molecular flexibility index (Phi) is 6.55. The van der Waals surface area contributed by atoms with Crippen LogP contribution >= 0.6 is 11.3 Å². The molecule has 6 nitrogen and oxygen atoms in total. The third-order valence-corrected chi connectivity index (χ3v) is 8.62. The van der Waals surface area contributed by atoms with Crippen molar-refractivity contribution < 1.29 is 13.2 Å². The predicted molar refractivity (Wildman–Crippen MR) is 130 cm³/mol. The number of ether oxygens (including phenoxy) is 1. The molecule has 32 heavy (non-hydrogen) atoms. The van der Waals surface area contributed by atoms with Crippen molar-refractivity contribution in [2.24, 2.45) is 0 Å². The Morgan fingerprint density at radius 2 is 1.81 bits per heavy atom. The van der Waals surface area contributed by atoms with E-state index in [-0.39, 0.29) is 4.90 Å². The summed E-state index contributed by atoms with van der Waals surface area (Å²) < 4.78 is 34.6. The Bertz CT molecular complexity index is 1210. The maximum absolute atomic E-state index is 13.6. The number of rotatable bonds is 6. The standard InChI is InChI=1S/C24H29N3O3S2/c1-5-30-23-10-9-20(21-16-31-19(4)25-21)15-24(23)32(28,29)27-13-11-26(12-14-27)22-8-6-7-17(2)18(22)3/h6-10,15-16H,5,11-14H2,1-4H3. The molecule has 0 radical (unpaired) electrons. The molecule has 0 amide bonds. The predicted octanol–water partition coefficient (Wildman–Crippen LogP) is 4.64. The highest BCUT2D eigenvalue weighted by Gasteiger charge is 2.32. The van der Waals surface area contributed by atoms with E-state index in [1.807, 2.05) is 25.3 Å². The summed E-state index contributed by atoms with van der Waals surface area (Å²) >= 11 is 1.55. The SMILES string of the molecule is CCOc1ccc(-c2csc(C)n2)cc1S(=O)(=O)N1CCN(c2cccc(C)c2C)CC1. The van der Waals surface area contributed by atoms with Crippen LogP contribution in [0.4, 0.5) is 5.69 Å². The second-order valence-electron chi connectivity index (χ2n) is 7.96. The summed E-state index contributed by atoms with van der Waals surface area (Å²) in [7, 11) is -3.71. The number of nitrogens with zero attached hydrogens (tertiary/aromatic N) is 3. The molecule has 0 atom stereocenters. The van der Waals surface area contributed by atoms with Crippen molar-refractivity contribution in [3.05, 3.63) is 57.9 Å². The van der Waals surface area contributed by atoms with Gasteiger partial charge in [0.25, 0.3) is 0 Å². The summed E-state index contributed by atoms with van der Waals surface area (Å²) in [6.45, 7) is 10.6. The van der Waals surface area contributed by atoms with Crippen molar-refractivity contribution in [2.75, 3.05) is 37.7 Å². The van der Waals surface area contributed by atoms with Crippen LogP contribution in [0.3, 0.4) is 0 Å². The third-order valence-electron chi connectivity index (χ3n) is 5.93. The average Bonchev–Trinajstić information content (AvgIpc) is 3.22. The van der Waals surface area contributed by atoms with Gasteiger partial charge in [-0.2, -0.15) is 4.31 Å². The molecule has 0 bridgehead atoms. The fourth-order valence-corrected chi connectivity index (χ4v) is 6.23. The largest absolute Gasteiger partial charge is 0.492 e. The van der Waals surface area contributed by atoms with E-state index in [9.17, 15) is 8.42 Å². The van der Waals surface area contributed by atoms with E-state index in [2.05, 4.69) is 41.9 Å². The number of piperazine rings is 1. The van der Waals surface area contributed by atoms with Crippen LogP contribution in [0.5, 0.6) is 5.75 Å². The van der Waals surface area contributed by atoms with Crippen LogP contribution in [-0.4, -0.2) is 50.5 Å². The van der Waals surface area contributed by atoms with Gasteiger partial charge in [0.1, 0.15) is 10.6 Å². The zero-order valence-corrected chi connectivity index (χ0v) is 20.6. The molecule has 2 aromatic carbocycles. The van der Waals surface area contributed by atoms with E-state index in [4.69, 9.17) is 4.74 Å². The quantitative estimate of drug-likeness (QED) is 0.524. The van der Waals surface area contributed by atoms with Crippen molar-refractivity contribution in [3.8, 4) is 17.0 Å². The molecule has 1 aliphatic rings. The van der Waals surface area contributed by atoms with Crippen LogP contribution in [0.2, 0.25) is 0 Å². The van der Waals surface area contributed by atoms with Gasteiger partial charge >= 0.3 is 0 Å². The van der Waals surface area contributed by atoms with E-state index in [1.165, 1.54) is 16.8 Å². The van der Waals surface area contributed by atoms with Crippen molar-refractivity contribution in [1.82, 2.24) is 9.29 Å². The van der Waals surface area contributed by atoms with Gasteiger partial charge in [0, 0.05) is 42.8 Å². The van der Waals surface area contributed by atoms with E-state index < -0.39 is 10.0 Å². The lowest BCUT2D eigenvalue weighted by molar-refractivity contribution is 0.327. The molecule has 4 rings (SSSR count). The van der Waals surface area contributed by atoms with E-state index in [0.717, 1.165) is 16.3 Å². The molecule has 1 saturated heterocycles. The number of hydrogen-bond acceptors (Lipinski definition) is 6. The topological polar surface area (TPSA) is 62.7 Å². The van der Waals surface area contributed by atoms with Gasteiger partial charge in [-0.3, -0.25) is 0 Å². The number of hydrogen-bond donors (Lipinski definition) is 0. The first kappa shape index (κ1) is 22.8. The monoisotopic (exact) mass is 471 g/mol. The van der Waals surface area contributed by atoms with Crippen LogP contribution in [0.15, 0.2) is 46.7 Å². The molecule has 0 N–H and O–H groups in total. The lowest BCUT2D eigenvalue weighted by Gasteiger charge is -2.36. The van der Waals surface area contributed by atoms with Crippen molar-refractivity contribution in [3.63, 3.8) is 0 Å². The molecule has 2 heterocycles. The third kappa shape index (κ3) is 4.40. The first-order valence-corrected chi connectivity index (χ1v) is 13.1. The minimum Gasteiger partial charge on any atom is -0.492 e. The number of aromatic nitrogens is 1. The highest BCUT2D eigenvalue weighted by atomic mass is 32.2. The summed E-state index contributed by atoms with van der Waals surface area (Å²) in [5.41, 5.74) is 5.23. The van der Waals surface area contributed by atoms with Crippen LogP contribution in [0, 0.1) is 20.8 Å². The fraction of sp³-hybridized carbons (Fsp3) is 0.375. The van der Waals surface area contributed by atoms with E-state index in [0.29, 0.717) is 38.5 Å². The number of aryl methyl sites for hydroxylation is 2. The van der Waals surface area contributed by atoms with Crippen molar-refractivity contribution >= 4 is 27.0 Å².